The molecule has 130 valence electrons. The summed E-state index contributed by atoms with van der Waals surface area (Å²) < 4.78 is 2.02. The molecule has 3 aromatic heterocycles. The second-order valence-electron chi connectivity index (χ2n) is 5.46. The van der Waals surface area contributed by atoms with E-state index in [-0.39, 0.29) is 5.91 Å². The third-order valence-corrected chi connectivity index (χ3v) is 5.41. The second-order valence-corrected chi connectivity index (χ2v) is 7.18. The summed E-state index contributed by atoms with van der Waals surface area (Å²) in [5, 5.41) is 13.4. The summed E-state index contributed by atoms with van der Waals surface area (Å²) in [4.78, 5) is 18.1. The van der Waals surface area contributed by atoms with Crippen LogP contribution in [0.5, 0.6) is 0 Å². The highest BCUT2D eigenvalue weighted by atomic mass is 32.2. The quantitative estimate of drug-likeness (QED) is 0.595. The Morgan fingerprint density at radius 3 is 2.76 bits per heavy atom. The maximum atomic E-state index is 12.4. The van der Waals surface area contributed by atoms with Crippen molar-refractivity contribution in [2.24, 2.45) is 0 Å². The van der Waals surface area contributed by atoms with Gasteiger partial charge in [-0.2, -0.15) is 11.3 Å². The molecule has 3 rings (SSSR count). The van der Waals surface area contributed by atoms with E-state index in [1.807, 2.05) is 42.1 Å². The van der Waals surface area contributed by atoms with Crippen molar-refractivity contribution in [3.8, 4) is 11.4 Å². The predicted octanol–water partition coefficient (Wildman–Crippen LogP) is 3.17. The fourth-order valence-electron chi connectivity index (χ4n) is 2.38. The van der Waals surface area contributed by atoms with Crippen LogP contribution in [0.4, 0.5) is 0 Å². The van der Waals surface area contributed by atoms with Crippen LogP contribution in [0.15, 0.2) is 46.5 Å². The zero-order valence-corrected chi connectivity index (χ0v) is 15.8. The van der Waals surface area contributed by atoms with Crippen LogP contribution in [0.2, 0.25) is 0 Å². The maximum Gasteiger partial charge on any atom is 0.233 e. The molecule has 0 aliphatic heterocycles. The predicted molar refractivity (Wildman–Crippen MR) is 100 cm³/mol. The first-order chi connectivity index (χ1) is 12.2. The van der Waals surface area contributed by atoms with Gasteiger partial charge in [-0.25, -0.2) is 0 Å². The van der Waals surface area contributed by atoms with Crippen molar-refractivity contribution in [2.75, 3.05) is 12.8 Å². The average molecular weight is 374 g/mol. The first-order valence-corrected chi connectivity index (χ1v) is 9.83. The van der Waals surface area contributed by atoms with Crippen LogP contribution in [0.25, 0.3) is 11.4 Å². The Balaban J connectivity index is 1.65. The van der Waals surface area contributed by atoms with Crippen molar-refractivity contribution in [3.63, 3.8) is 0 Å². The first kappa shape index (κ1) is 17.6. The van der Waals surface area contributed by atoms with E-state index >= 15 is 0 Å². The number of amides is 1. The molecule has 6 nitrogen and oxygen atoms in total. The number of hydrogen-bond acceptors (Lipinski definition) is 6. The van der Waals surface area contributed by atoms with E-state index < -0.39 is 0 Å². The molecule has 0 aliphatic rings. The van der Waals surface area contributed by atoms with E-state index in [0.29, 0.717) is 12.3 Å². The lowest BCUT2D eigenvalue weighted by Gasteiger charge is -2.16. The van der Waals surface area contributed by atoms with Crippen LogP contribution in [0.1, 0.15) is 12.5 Å². The fraction of sp³-hybridized carbons (Fsp3) is 0.294. The van der Waals surface area contributed by atoms with Crippen molar-refractivity contribution in [1.82, 2.24) is 24.6 Å². The molecule has 3 aromatic rings. The molecule has 1 amide bonds. The third-order valence-electron chi connectivity index (χ3n) is 3.72. The van der Waals surface area contributed by atoms with Crippen molar-refractivity contribution < 1.29 is 4.79 Å². The van der Waals surface area contributed by atoms with Crippen LogP contribution in [-0.4, -0.2) is 43.4 Å². The highest BCUT2D eigenvalue weighted by molar-refractivity contribution is 7.99. The normalized spacial score (nSPS) is 10.8. The Labute approximate surface area is 154 Å². The molecule has 0 saturated carbocycles. The minimum atomic E-state index is 0.0762. The van der Waals surface area contributed by atoms with Crippen LogP contribution < -0.4 is 0 Å². The Morgan fingerprint density at radius 1 is 1.28 bits per heavy atom. The summed E-state index contributed by atoms with van der Waals surface area (Å²) in [6.07, 6.45) is 3.47. The van der Waals surface area contributed by atoms with Gasteiger partial charge in [0.1, 0.15) is 0 Å². The number of carbonyl (C=O) groups excluding carboxylic acids is 1. The zero-order valence-electron chi connectivity index (χ0n) is 14.1. The van der Waals surface area contributed by atoms with Gasteiger partial charge in [0.05, 0.1) is 5.75 Å². The number of thioether (sulfide) groups is 1. The number of rotatable bonds is 7. The van der Waals surface area contributed by atoms with Gasteiger partial charge in [-0.1, -0.05) is 11.8 Å². The number of thiophene rings is 1. The van der Waals surface area contributed by atoms with E-state index in [1.54, 1.807) is 28.6 Å². The van der Waals surface area contributed by atoms with Crippen molar-refractivity contribution in [3.05, 3.63) is 46.9 Å². The Morgan fingerprint density at radius 2 is 2.08 bits per heavy atom. The summed E-state index contributed by atoms with van der Waals surface area (Å²) >= 11 is 3.06. The Kier molecular flexibility index (Phi) is 5.83. The number of nitrogens with zero attached hydrogens (tertiary/aromatic N) is 5. The van der Waals surface area contributed by atoms with Gasteiger partial charge in [-0.15, -0.1) is 10.2 Å². The molecule has 0 saturated heterocycles. The SMILES string of the molecule is CCn1c(SCC(=O)N(C)Cc2ccsc2)nnc1-c1ccncc1. The first-order valence-electron chi connectivity index (χ1n) is 7.90. The van der Waals surface area contributed by atoms with Gasteiger partial charge < -0.3 is 9.47 Å². The fourth-order valence-corrected chi connectivity index (χ4v) is 3.98. The Hall–Kier alpha value is -2.19. The number of hydrogen-bond donors (Lipinski definition) is 0. The molecule has 0 aliphatic carbocycles. The topological polar surface area (TPSA) is 63.9 Å². The molecule has 0 aromatic carbocycles. The van der Waals surface area contributed by atoms with E-state index in [0.717, 1.165) is 28.7 Å². The third kappa shape index (κ3) is 4.26. The van der Waals surface area contributed by atoms with Crippen LogP contribution in [0, 0.1) is 0 Å². The summed E-state index contributed by atoms with van der Waals surface area (Å²) in [5.41, 5.74) is 2.12. The monoisotopic (exact) mass is 373 g/mol. The van der Waals surface area contributed by atoms with Gasteiger partial charge in [0.25, 0.3) is 0 Å². The summed E-state index contributed by atoms with van der Waals surface area (Å²) in [5.74, 6) is 1.22. The minimum Gasteiger partial charge on any atom is -0.341 e. The molecule has 0 spiro atoms. The van der Waals surface area contributed by atoms with Crippen LogP contribution >= 0.6 is 23.1 Å². The van der Waals surface area contributed by atoms with Crippen LogP contribution in [0.3, 0.4) is 0 Å². The molecule has 0 atom stereocenters. The lowest BCUT2D eigenvalue weighted by molar-refractivity contribution is -0.127. The molecule has 3 heterocycles. The molecule has 25 heavy (non-hydrogen) atoms. The molecular formula is C17H19N5OS2. The molecule has 0 N–H and O–H groups in total. The summed E-state index contributed by atoms with van der Waals surface area (Å²) in [6, 6.07) is 5.85. The van der Waals surface area contributed by atoms with Crippen LogP contribution in [-0.2, 0) is 17.9 Å². The molecule has 0 bridgehead atoms. The highest BCUT2D eigenvalue weighted by Gasteiger charge is 2.16. The maximum absolute atomic E-state index is 12.4. The summed E-state index contributed by atoms with van der Waals surface area (Å²) in [6.45, 7) is 3.42. The van der Waals surface area contributed by atoms with Crippen molar-refractivity contribution >= 4 is 29.0 Å². The molecule has 0 radical (unpaired) electrons. The summed E-state index contributed by atoms with van der Waals surface area (Å²) in [7, 11) is 1.83. The number of pyridine rings is 1. The number of carbonyl (C=O) groups is 1. The van der Waals surface area contributed by atoms with Gasteiger partial charge in [0.2, 0.25) is 5.91 Å². The van der Waals surface area contributed by atoms with Gasteiger partial charge in [-0.3, -0.25) is 9.78 Å². The lowest BCUT2D eigenvalue weighted by Crippen LogP contribution is -2.27. The zero-order chi connectivity index (χ0) is 17.6. The van der Waals surface area contributed by atoms with Crippen molar-refractivity contribution in [2.45, 2.75) is 25.2 Å². The van der Waals surface area contributed by atoms with Gasteiger partial charge in [0.15, 0.2) is 11.0 Å². The van der Waals surface area contributed by atoms with Gasteiger partial charge >= 0.3 is 0 Å². The Bertz CT molecular complexity index is 817. The van der Waals surface area contributed by atoms with E-state index in [2.05, 4.69) is 20.6 Å². The van der Waals surface area contributed by atoms with E-state index in [1.165, 1.54) is 11.8 Å². The van der Waals surface area contributed by atoms with Gasteiger partial charge in [0, 0.05) is 38.1 Å². The van der Waals surface area contributed by atoms with E-state index in [4.69, 9.17) is 0 Å². The van der Waals surface area contributed by atoms with E-state index in [9.17, 15) is 4.79 Å². The lowest BCUT2D eigenvalue weighted by atomic mass is 10.2. The largest absolute Gasteiger partial charge is 0.341 e. The van der Waals surface area contributed by atoms with Crippen molar-refractivity contribution in [1.29, 1.82) is 0 Å². The minimum absolute atomic E-state index is 0.0762. The average Bonchev–Trinajstić information content (AvgIpc) is 3.29. The molecule has 8 heteroatoms. The smallest absolute Gasteiger partial charge is 0.233 e. The standard InChI is InChI=1S/C17H19N5OS2/c1-3-22-16(14-4-7-18-8-5-14)19-20-17(22)25-12-15(23)21(2)10-13-6-9-24-11-13/h4-9,11H,3,10,12H2,1-2H3. The molecule has 0 unspecified atom stereocenters. The molecule has 0 fully saturated rings. The molecular weight excluding hydrogens is 354 g/mol. The number of aromatic nitrogens is 4. The highest BCUT2D eigenvalue weighted by Crippen LogP contribution is 2.23. The van der Waals surface area contributed by atoms with Gasteiger partial charge in [-0.05, 0) is 41.4 Å². The second kappa shape index (κ2) is 8.26.